The normalized spacial score (nSPS) is 10.5. The topological polar surface area (TPSA) is 47.9 Å². The van der Waals surface area contributed by atoms with Crippen LogP contribution in [0.1, 0.15) is 4.88 Å². The number of hydrogen-bond acceptors (Lipinski definition) is 6. The highest BCUT2D eigenvalue weighted by Gasteiger charge is 2.11. The van der Waals surface area contributed by atoms with Gasteiger partial charge in [0.1, 0.15) is 5.69 Å². The van der Waals surface area contributed by atoms with Gasteiger partial charge in [0.25, 0.3) is 5.88 Å². The van der Waals surface area contributed by atoms with E-state index in [2.05, 4.69) is 25.2 Å². The van der Waals surface area contributed by atoms with Crippen molar-refractivity contribution in [2.75, 3.05) is 6.61 Å². The zero-order chi connectivity index (χ0) is 12.9. The van der Waals surface area contributed by atoms with Crippen molar-refractivity contribution in [3.63, 3.8) is 0 Å². The highest BCUT2D eigenvalue weighted by atomic mass is 32.1. The van der Waals surface area contributed by atoms with E-state index in [1.54, 1.807) is 23.7 Å². The fourth-order valence-corrected chi connectivity index (χ4v) is 2.87. The Labute approximate surface area is 119 Å². The van der Waals surface area contributed by atoms with Crippen LogP contribution in [0, 0.1) is 0 Å². The van der Waals surface area contributed by atoms with Crippen LogP contribution in [0.4, 0.5) is 0 Å². The van der Waals surface area contributed by atoms with Crippen molar-refractivity contribution in [3.8, 4) is 17.1 Å². The third-order valence-corrected chi connectivity index (χ3v) is 4.01. The Balaban J connectivity index is 1.67. The number of rotatable bonds is 5. The van der Waals surface area contributed by atoms with Gasteiger partial charge in [-0.05, 0) is 23.6 Å². The number of nitrogens with zero attached hydrogens (tertiary/aromatic N) is 3. The number of thiophene rings is 1. The summed E-state index contributed by atoms with van der Waals surface area (Å²) in [5, 5.41) is 2.07. The maximum absolute atomic E-state index is 5.72. The number of hydrogen-bond donors (Lipinski definition) is 0. The molecule has 0 aliphatic rings. The lowest BCUT2D eigenvalue weighted by atomic mass is 10.2. The smallest absolute Gasteiger partial charge is 0.254 e. The molecule has 0 aromatic carbocycles. The van der Waals surface area contributed by atoms with Crippen molar-refractivity contribution in [3.05, 3.63) is 46.9 Å². The lowest BCUT2D eigenvalue weighted by Crippen LogP contribution is -2.01. The lowest BCUT2D eigenvalue weighted by Gasteiger charge is -2.03. The summed E-state index contributed by atoms with van der Waals surface area (Å²) in [6.45, 7) is 0.610. The van der Waals surface area contributed by atoms with Gasteiger partial charge >= 0.3 is 0 Å². The minimum atomic E-state index is 0.592. The first kappa shape index (κ1) is 12.3. The van der Waals surface area contributed by atoms with Crippen LogP contribution in [0.25, 0.3) is 11.3 Å². The standard InChI is InChI=1S/C13H11N3OS2/c1-3-10(9-14-6-1)12-13(16-19-15-12)17-7-5-11-4-2-8-18-11/h1-4,6,8-9H,5,7H2. The molecule has 0 aliphatic heterocycles. The van der Waals surface area contributed by atoms with Crippen LogP contribution in [-0.2, 0) is 6.42 Å². The second kappa shape index (κ2) is 5.90. The molecule has 3 aromatic heterocycles. The molecule has 3 heterocycles. The van der Waals surface area contributed by atoms with Crippen molar-refractivity contribution in [1.82, 2.24) is 13.7 Å². The second-order valence-electron chi connectivity index (χ2n) is 3.84. The van der Waals surface area contributed by atoms with Crippen molar-refractivity contribution in [2.45, 2.75) is 6.42 Å². The van der Waals surface area contributed by atoms with E-state index in [4.69, 9.17) is 4.74 Å². The van der Waals surface area contributed by atoms with Crippen LogP contribution >= 0.6 is 23.1 Å². The molecule has 0 radical (unpaired) electrons. The molecule has 0 saturated carbocycles. The summed E-state index contributed by atoms with van der Waals surface area (Å²) in [6, 6.07) is 7.99. The van der Waals surface area contributed by atoms with Gasteiger partial charge in [-0.15, -0.1) is 15.7 Å². The van der Waals surface area contributed by atoms with E-state index in [-0.39, 0.29) is 0 Å². The molecular weight excluding hydrogens is 278 g/mol. The summed E-state index contributed by atoms with van der Waals surface area (Å²) in [7, 11) is 0. The Bertz CT molecular complexity index is 622. The minimum Gasteiger partial charge on any atom is -0.475 e. The second-order valence-corrected chi connectivity index (χ2v) is 5.40. The van der Waals surface area contributed by atoms with E-state index in [9.17, 15) is 0 Å². The molecule has 0 fully saturated rings. The third-order valence-electron chi connectivity index (χ3n) is 2.56. The first-order chi connectivity index (χ1) is 9.43. The van der Waals surface area contributed by atoms with Gasteiger partial charge in [0, 0.05) is 29.3 Å². The molecule has 0 atom stereocenters. The number of ether oxygens (including phenoxy) is 1. The molecule has 96 valence electrons. The molecule has 0 spiro atoms. The van der Waals surface area contributed by atoms with Crippen molar-refractivity contribution >= 4 is 23.1 Å². The maximum atomic E-state index is 5.72. The molecule has 3 aromatic rings. The van der Waals surface area contributed by atoms with Gasteiger partial charge in [-0.25, -0.2) is 0 Å². The Morgan fingerprint density at radius 1 is 1.16 bits per heavy atom. The predicted molar refractivity (Wildman–Crippen MR) is 76.7 cm³/mol. The van der Waals surface area contributed by atoms with Gasteiger partial charge in [0.15, 0.2) is 0 Å². The third kappa shape index (κ3) is 2.97. The summed E-state index contributed by atoms with van der Waals surface area (Å²) < 4.78 is 14.2. The summed E-state index contributed by atoms with van der Waals surface area (Å²) in [5.41, 5.74) is 1.70. The molecule has 4 nitrogen and oxygen atoms in total. The predicted octanol–water partition coefficient (Wildman–Crippen LogP) is 3.28. The van der Waals surface area contributed by atoms with E-state index in [0.29, 0.717) is 12.5 Å². The zero-order valence-electron chi connectivity index (χ0n) is 10.0. The molecule has 0 bridgehead atoms. The largest absolute Gasteiger partial charge is 0.475 e. The van der Waals surface area contributed by atoms with Gasteiger partial charge < -0.3 is 4.74 Å². The molecule has 19 heavy (non-hydrogen) atoms. The van der Waals surface area contributed by atoms with Crippen LogP contribution < -0.4 is 4.74 Å². The minimum absolute atomic E-state index is 0.592. The van der Waals surface area contributed by atoms with Gasteiger partial charge in [-0.2, -0.15) is 4.37 Å². The van der Waals surface area contributed by atoms with Crippen LogP contribution in [0.3, 0.4) is 0 Å². The average Bonchev–Trinajstić information content (AvgIpc) is 3.11. The van der Waals surface area contributed by atoms with E-state index in [1.165, 1.54) is 4.88 Å². The Hall–Kier alpha value is -1.79. The molecule has 6 heteroatoms. The molecular formula is C13H11N3OS2. The number of pyridine rings is 1. The van der Waals surface area contributed by atoms with Crippen LogP contribution in [-0.4, -0.2) is 20.3 Å². The highest BCUT2D eigenvalue weighted by Crippen LogP contribution is 2.27. The summed E-state index contributed by atoms with van der Waals surface area (Å²) in [5.74, 6) is 0.592. The highest BCUT2D eigenvalue weighted by molar-refractivity contribution is 7.09. The molecule has 3 rings (SSSR count). The Morgan fingerprint density at radius 2 is 2.16 bits per heavy atom. The van der Waals surface area contributed by atoms with Crippen molar-refractivity contribution < 1.29 is 4.74 Å². The molecule has 0 unspecified atom stereocenters. The van der Waals surface area contributed by atoms with Crippen LogP contribution in [0.2, 0.25) is 0 Å². The van der Waals surface area contributed by atoms with Gasteiger partial charge in [-0.1, -0.05) is 6.07 Å². The first-order valence-corrected chi connectivity index (χ1v) is 7.42. The summed E-state index contributed by atoms with van der Waals surface area (Å²) >= 11 is 2.90. The fourth-order valence-electron chi connectivity index (χ4n) is 1.66. The summed E-state index contributed by atoms with van der Waals surface area (Å²) in [6.07, 6.45) is 4.39. The van der Waals surface area contributed by atoms with Gasteiger partial charge in [0.05, 0.1) is 18.3 Å². The quantitative estimate of drug-likeness (QED) is 0.723. The Morgan fingerprint density at radius 3 is 2.95 bits per heavy atom. The van der Waals surface area contributed by atoms with E-state index in [0.717, 1.165) is 29.4 Å². The molecule has 0 saturated heterocycles. The Kier molecular flexibility index (Phi) is 3.81. The van der Waals surface area contributed by atoms with E-state index >= 15 is 0 Å². The van der Waals surface area contributed by atoms with E-state index in [1.807, 2.05) is 18.2 Å². The SMILES string of the molecule is c1cncc(-c2nsnc2OCCc2cccs2)c1. The van der Waals surface area contributed by atoms with Crippen molar-refractivity contribution in [1.29, 1.82) is 0 Å². The summed E-state index contributed by atoms with van der Waals surface area (Å²) in [4.78, 5) is 5.40. The van der Waals surface area contributed by atoms with Gasteiger partial charge in [0.2, 0.25) is 0 Å². The van der Waals surface area contributed by atoms with Crippen molar-refractivity contribution in [2.24, 2.45) is 0 Å². The first-order valence-electron chi connectivity index (χ1n) is 5.81. The molecule has 0 N–H and O–H groups in total. The molecule has 0 amide bonds. The monoisotopic (exact) mass is 289 g/mol. The van der Waals surface area contributed by atoms with E-state index < -0.39 is 0 Å². The molecule has 0 aliphatic carbocycles. The average molecular weight is 289 g/mol. The zero-order valence-corrected chi connectivity index (χ0v) is 11.7. The fraction of sp³-hybridized carbons (Fsp3) is 0.154. The van der Waals surface area contributed by atoms with Crippen LogP contribution in [0.15, 0.2) is 42.0 Å². The lowest BCUT2D eigenvalue weighted by molar-refractivity contribution is 0.314. The maximum Gasteiger partial charge on any atom is 0.254 e. The number of aromatic nitrogens is 3. The van der Waals surface area contributed by atoms with Gasteiger partial charge in [-0.3, -0.25) is 4.98 Å². The van der Waals surface area contributed by atoms with Crippen LogP contribution in [0.5, 0.6) is 5.88 Å².